The summed E-state index contributed by atoms with van der Waals surface area (Å²) in [6.07, 6.45) is 1.61. The number of rotatable bonds is 3. The van der Waals surface area contributed by atoms with Gasteiger partial charge in [0.2, 0.25) is 0 Å². The Kier molecular flexibility index (Phi) is 4.32. The molecule has 0 bridgehead atoms. The van der Waals surface area contributed by atoms with Gasteiger partial charge in [0, 0.05) is 11.8 Å². The summed E-state index contributed by atoms with van der Waals surface area (Å²) in [5, 5.41) is 2.99. The van der Waals surface area contributed by atoms with Gasteiger partial charge in [-0.1, -0.05) is 24.3 Å². The number of nitrogens with zero attached hydrogens (tertiary/aromatic N) is 1. The second-order valence-corrected chi connectivity index (χ2v) is 5.23. The van der Waals surface area contributed by atoms with Crippen LogP contribution in [0.25, 0.3) is 0 Å². The van der Waals surface area contributed by atoms with Gasteiger partial charge in [-0.3, -0.25) is 4.79 Å². The third-order valence-corrected chi connectivity index (χ3v) is 3.42. The summed E-state index contributed by atoms with van der Waals surface area (Å²) >= 11 is 3.26. The van der Waals surface area contributed by atoms with E-state index in [1.807, 2.05) is 38.1 Å². The van der Waals surface area contributed by atoms with Crippen LogP contribution in [0.4, 0.5) is 0 Å². The number of pyridine rings is 1. The molecule has 0 fully saturated rings. The fraction of sp³-hybridized carbons (Fsp3) is 0.200. The van der Waals surface area contributed by atoms with Crippen LogP contribution in [0, 0.1) is 6.92 Å². The normalized spacial score (nSPS) is 11.9. The number of halogens is 1. The molecule has 1 aromatic carbocycles. The van der Waals surface area contributed by atoms with E-state index >= 15 is 0 Å². The second-order valence-electron chi connectivity index (χ2n) is 4.42. The van der Waals surface area contributed by atoms with E-state index in [0.717, 1.165) is 5.56 Å². The van der Waals surface area contributed by atoms with Crippen molar-refractivity contribution in [2.75, 3.05) is 0 Å². The summed E-state index contributed by atoms with van der Waals surface area (Å²) < 4.78 is 0.656. The van der Waals surface area contributed by atoms with Gasteiger partial charge < -0.3 is 5.32 Å². The summed E-state index contributed by atoms with van der Waals surface area (Å²) in [5.41, 5.74) is 2.90. The molecule has 0 aliphatic carbocycles. The number of aryl methyl sites for hydroxylation is 1. The molecule has 19 heavy (non-hydrogen) atoms. The van der Waals surface area contributed by atoms with Gasteiger partial charge in [-0.2, -0.15) is 0 Å². The van der Waals surface area contributed by atoms with Crippen molar-refractivity contribution >= 4 is 21.8 Å². The van der Waals surface area contributed by atoms with Crippen molar-refractivity contribution in [2.24, 2.45) is 0 Å². The highest BCUT2D eigenvalue weighted by Crippen LogP contribution is 2.17. The standard InChI is InChI=1S/C15H15BrN2O/c1-10-5-3-4-6-13(10)11(2)18-15(19)12-7-8-17-14(16)9-12/h3-9,11H,1-2H3,(H,18,19). The zero-order chi connectivity index (χ0) is 13.8. The van der Waals surface area contributed by atoms with E-state index in [2.05, 4.69) is 26.2 Å². The highest BCUT2D eigenvalue weighted by molar-refractivity contribution is 9.10. The Morgan fingerprint density at radius 1 is 1.32 bits per heavy atom. The topological polar surface area (TPSA) is 42.0 Å². The molecule has 1 amide bonds. The molecule has 0 spiro atoms. The largest absolute Gasteiger partial charge is 0.346 e. The molecule has 2 aromatic rings. The minimum Gasteiger partial charge on any atom is -0.346 e. The average Bonchev–Trinajstić information content (AvgIpc) is 2.39. The number of aromatic nitrogens is 1. The van der Waals surface area contributed by atoms with Crippen LogP contribution in [0.2, 0.25) is 0 Å². The maximum atomic E-state index is 12.1. The molecular formula is C15H15BrN2O. The van der Waals surface area contributed by atoms with Crippen molar-refractivity contribution < 1.29 is 4.79 Å². The van der Waals surface area contributed by atoms with E-state index < -0.39 is 0 Å². The summed E-state index contributed by atoms with van der Waals surface area (Å²) in [6, 6.07) is 11.4. The van der Waals surface area contributed by atoms with Crippen LogP contribution in [0.15, 0.2) is 47.2 Å². The predicted molar refractivity (Wildman–Crippen MR) is 79.0 cm³/mol. The number of nitrogens with one attached hydrogen (secondary N) is 1. The van der Waals surface area contributed by atoms with E-state index in [4.69, 9.17) is 0 Å². The molecule has 3 nitrogen and oxygen atoms in total. The fourth-order valence-corrected chi connectivity index (χ4v) is 2.34. The Balaban J connectivity index is 2.13. The maximum Gasteiger partial charge on any atom is 0.251 e. The van der Waals surface area contributed by atoms with Gasteiger partial charge in [0.15, 0.2) is 0 Å². The molecule has 4 heteroatoms. The molecule has 0 radical (unpaired) electrons. The zero-order valence-electron chi connectivity index (χ0n) is 10.9. The number of benzene rings is 1. The van der Waals surface area contributed by atoms with Crippen molar-refractivity contribution in [3.05, 3.63) is 63.9 Å². The van der Waals surface area contributed by atoms with Crippen LogP contribution in [-0.2, 0) is 0 Å². The first-order valence-electron chi connectivity index (χ1n) is 6.06. The van der Waals surface area contributed by atoms with Gasteiger partial charge >= 0.3 is 0 Å². The van der Waals surface area contributed by atoms with Gasteiger partial charge in [0.25, 0.3) is 5.91 Å². The lowest BCUT2D eigenvalue weighted by Crippen LogP contribution is -2.27. The van der Waals surface area contributed by atoms with Crippen LogP contribution in [-0.4, -0.2) is 10.9 Å². The van der Waals surface area contributed by atoms with Crippen molar-refractivity contribution in [1.29, 1.82) is 0 Å². The Labute approximate surface area is 121 Å². The van der Waals surface area contributed by atoms with Gasteiger partial charge in [0.05, 0.1) is 6.04 Å². The average molecular weight is 319 g/mol. The Hall–Kier alpha value is -1.68. The van der Waals surface area contributed by atoms with Crippen molar-refractivity contribution in [3.8, 4) is 0 Å². The molecular weight excluding hydrogens is 304 g/mol. The molecule has 0 saturated carbocycles. The van der Waals surface area contributed by atoms with Gasteiger partial charge in [0.1, 0.15) is 4.60 Å². The van der Waals surface area contributed by atoms with Crippen molar-refractivity contribution in [3.63, 3.8) is 0 Å². The van der Waals surface area contributed by atoms with Crippen molar-refractivity contribution in [1.82, 2.24) is 10.3 Å². The third kappa shape index (κ3) is 3.41. The first kappa shape index (κ1) is 13.7. The minimum atomic E-state index is -0.0983. The lowest BCUT2D eigenvalue weighted by Gasteiger charge is -2.16. The van der Waals surface area contributed by atoms with E-state index in [9.17, 15) is 4.79 Å². The molecule has 1 atom stereocenters. The molecule has 1 heterocycles. The van der Waals surface area contributed by atoms with Crippen LogP contribution in [0.1, 0.15) is 34.5 Å². The van der Waals surface area contributed by atoms with E-state index in [1.165, 1.54) is 5.56 Å². The molecule has 1 aromatic heterocycles. The monoisotopic (exact) mass is 318 g/mol. The first-order chi connectivity index (χ1) is 9.08. The third-order valence-electron chi connectivity index (χ3n) is 2.99. The summed E-state index contributed by atoms with van der Waals surface area (Å²) in [5.74, 6) is -0.0983. The van der Waals surface area contributed by atoms with Crippen LogP contribution in [0.3, 0.4) is 0 Å². The smallest absolute Gasteiger partial charge is 0.251 e. The van der Waals surface area contributed by atoms with Crippen molar-refractivity contribution in [2.45, 2.75) is 19.9 Å². The second kappa shape index (κ2) is 5.97. The molecule has 0 aliphatic heterocycles. The Bertz CT molecular complexity index is 598. The molecule has 1 unspecified atom stereocenters. The summed E-state index contributed by atoms with van der Waals surface area (Å²) in [6.45, 7) is 4.03. The number of hydrogen-bond acceptors (Lipinski definition) is 2. The lowest BCUT2D eigenvalue weighted by molar-refractivity contribution is 0.0939. The Morgan fingerprint density at radius 2 is 2.05 bits per heavy atom. The number of amides is 1. The molecule has 2 rings (SSSR count). The molecule has 0 saturated heterocycles. The minimum absolute atomic E-state index is 0.0272. The summed E-state index contributed by atoms with van der Waals surface area (Å²) in [7, 11) is 0. The van der Waals surface area contributed by atoms with Gasteiger partial charge in [-0.05, 0) is 53.0 Å². The van der Waals surface area contributed by atoms with E-state index in [1.54, 1.807) is 18.3 Å². The number of carbonyl (C=O) groups excluding carboxylic acids is 1. The van der Waals surface area contributed by atoms with E-state index in [0.29, 0.717) is 10.2 Å². The van der Waals surface area contributed by atoms with Gasteiger partial charge in [-0.15, -0.1) is 0 Å². The molecule has 0 aliphatic rings. The van der Waals surface area contributed by atoms with Crippen LogP contribution >= 0.6 is 15.9 Å². The number of carbonyl (C=O) groups is 1. The SMILES string of the molecule is Cc1ccccc1C(C)NC(=O)c1ccnc(Br)c1. The molecule has 1 N–H and O–H groups in total. The predicted octanol–water partition coefficient (Wildman–Crippen LogP) is 3.64. The van der Waals surface area contributed by atoms with Gasteiger partial charge in [-0.25, -0.2) is 4.98 Å². The lowest BCUT2D eigenvalue weighted by atomic mass is 10.0. The highest BCUT2D eigenvalue weighted by Gasteiger charge is 2.13. The zero-order valence-corrected chi connectivity index (χ0v) is 12.4. The highest BCUT2D eigenvalue weighted by atomic mass is 79.9. The number of hydrogen-bond donors (Lipinski definition) is 1. The van der Waals surface area contributed by atoms with Crippen LogP contribution < -0.4 is 5.32 Å². The quantitative estimate of drug-likeness (QED) is 0.878. The van der Waals surface area contributed by atoms with E-state index in [-0.39, 0.29) is 11.9 Å². The first-order valence-corrected chi connectivity index (χ1v) is 6.85. The van der Waals surface area contributed by atoms with Crippen LogP contribution in [0.5, 0.6) is 0 Å². The summed E-state index contributed by atoms with van der Waals surface area (Å²) in [4.78, 5) is 16.1. The Morgan fingerprint density at radius 3 is 2.74 bits per heavy atom. The molecule has 98 valence electrons. The maximum absolute atomic E-state index is 12.1. The fourth-order valence-electron chi connectivity index (χ4n) is 1.97.